The fourth-order valence-electron chi connectivity index (χ4n) is 1.93. The first-order chi connectivity index (χ1) is 8.90. The molecule has 90 valence electrons. The van der Waals surface area contributed by atoms with Gasteiger partial charge in [-0.3, -0.25) is 0 Å². The van der Waals surface area contributed by atoms with Crippen LogP contribution in [0.15, 0.2) is 48.8 Å². The Labute approximate surface area is 112 Å². The van der Waals surface area contributed by atoms with Crippen LogP contribution in [0.25, 0.3) is 17.0 Å². The van der Waals surface area contributed by atoms with Gasteiger partial charge in [-0.25, -0.2) is 0 Å². The second kappa shape index (κ2) is 4.92. The van der Waals surface area contributed by atoms with Gasteiger partial charge in [0.15, 0.2) is 0 Å². The molecule has 3 heterocycles. The van der Waals surface area contributed by atoms with Gasteiger partial charge in [-0.2, -0.15) is 0 Å². The van der Waals surface area contributed by atoms with E-state index < -0.39 is 0 Å². The molecule has 0 atom stereocenters. The van der Waals surface area contributed by atoms with Gasteiger partial charge >= 0.3 is 112 Å². The average molecular weight is 302 g/mol. The van der Waals surface area contributed by atoms with Crippen molar-refractivity contribution < 1.29 is 0 Å². The molecule has 3 aromatic heterocycles. The van der Waals surface area contributed by atoms with Crippen LogP contribution in [0.1, 0.15) is 6.92 Å². The zero-order valence-electron chi connectivity index (χ0n) is 10.1. The molecule has 3 nitrogen and oxygen atoms in total. The number of hydrogen-bond acceptors (Lipinski definition) is 2. The van der Waals surface area contributed by atoms with E-state index in [1.54, 1.807) is 0 Å². The maximum atomic E-state index is 4.78. The van der Waals surface area contributed by atoms with Gasteiger partial charge in [0.1, 0.15) is 0 Å². The maximum absolute atomic E-state index is 4.78. The van der Waals surface area contributed by atoms with Crippen LogP contribution in [0.5, 0.6) is 0 Å². The number of aromatic nitrogens is 3. The van der Waals surface area contributed by atoms with Crippen LogP contribution in [0.2, 0.25) is 5.32 Å². The molecule has 0 radical (unpaired) electrons. The summed E-state index contributed by atoms with van der Waals surface area (Å²) in [6.45, 7) is 2.20. The Morgan fingerprint density at radius 3 is 2.83 bits per heavy atom. The normalized spacial score (nSPS) is 10.9. The predicted octanol–water partition coefficient (Wildman–Crippen LogP) is 2.16. The van der Waals surface area contributed by atoms with E-state index in [-0.39, 0.29) is 0 Å². The first-order valence-corrected chi connectivity index (χ1v) is 7.98. The van der Waals surface area contributed by atoms with Crippen molar-refractivity contribution >= 4 is 25.1 Å². The molecular weight excluding hydrogens is 289 g/mol. The third kappa shape index (κ3) is 1.94. The van der Waals surface area contributed by atoms with E-state index in [1.807, 2.05) is 30.5 Å². The average Bonchev–Trinajstić information content (AvgIpc) is 2.80. The van der Waals surface area contributed by atoms with E-state index >= 15 is 0 Å². The standard InChI is InChI=1S/C14H13N3Se/c1-2-18-14-12-8-4-6-10-17(12)13(16-14)11-7-3-5-9-15-11/h3-10H,2H2,1H3. The summed E-state index contributed by atoms with van der Waals surface area (Å²) in [5.74, 6) is 0.941. The number of rotatable bonds is 3. The molecule has 0 saturated heterocycles. The van der Waals surface area contributed by atoms with E-state index in [0.717, 1.165) is 16.8 Å². The van der Waals surface area contributed by atoms with Gasteiger partial charge in [0, 0.05) is 0 Å². The molecule has 0 fully saturated rings. The predicted molar refractivity (Wildman–Crippen MR) is 74.3 cm³/mol. The Balaban J connectivity index is 2.24. The number of pyridine rings is 2. The number of nitrogens with zero attached hydrogens (tertiary/aromatic N) is 3. The molecule has 0 N–H and O–H groups in total. The van der Waals surface area contributed by atoms with Crippen LogP contribution in [-0.4, -0.2) is 29.3 Å². The van der Waals surface area contributed by atoms with Crippen molar-refractivity contribution in [1.82, 2.24) is 14.4 Å². The molecule has 0 bridgehead atoms. The molecule has 0 unspecified atom stereocenters. The summed E-state index contributed by atoms with van der Waals surface area (Å²) in [6.07, 6.45) is 3.87. The summed E-state index contributed by atoms with van der Waals surface area (Å²) in [7, 11) is 0. The van der Waals surface area contributed by atoms with Crippen molar-refractivity contribution in [2.24, 2.45) is 0 Å². The Bertz CT molecular complexity index is 661. The summed E-state index contributed by atoms with van der Waals surface area (Å²) in [6, 6.07) is 12.2. The molecule has 0 amide bonds. The van der Waals surface area contributed by atoms with Gasteiger partial charge in [-0.05, 0) is 0 Å². The van der Waals surface area contributed by atoms with E-state index in [0.29, 0.717) is 15.0 Å². The zero-order valence-corrected chi connectivity index (χ0v) is 11.8. The first-order valence-electron chi connectivity index (χ1n) is 5.91. The van der Waals surface area contributed by atoms with E-state index in [1.165, 1.54) is 10.1 Å². The fourth-order valence-corrected chi connectivity index (χ4v) is 3.48. The molecular formula is C14H13N3Se. The van der Waals surface area contributed by atoms with E-state index in [9.17, 15) is 0 Å². The molecule has 0 aromatic carbocycles. The second-order valence-electron chi connectivity index (χ2n) is 3.84. The minimum absolute atomic E-state index is 0.430. The van der Waals surface area contributed by atoms with Crippen LogP contribution in [0, 0.1) is 0 Å². The summed E-state index contributed by atoms with van der Waals surface area (Å²) in [5.41, 5.74) is 2.14. The molecule has 3 rings (SSSR count). The van der Waals surface area contributed by atoms with Crippen molar-refractivity contribution in [3.63, 3.8) is 0 Å². The Hall–Kier alpha value is -1.64. The molecule has 18 heavy (non-hydrogen) atoms. The van der Waals surface area contributed by atoms with Crippen LogP contribution in [-0.2, 0) is 0 Å². The molecule has 4 heteroatoms. The van der Waals surface area contributed by atoms with Crippen molar-refractivity contribution in [2.45, 2.75) is 12.2 Å². The molecule has 0 saturated carbocycles. The number of imidazole rings is 1. The summed E-state index contributed by atoms with van der Waals surface area (Å²) in [5, 5.41) is 1.16. The summed E-state index contributed by atoms with van der Waals surface area (Å²) in [4.78, 5) is 9.17. The first kappa shape index (κ1) is 11.4. The van der Waals surface area contributed by atoms with Crippen molar-refractivity contribution in [3.8, 4) is 11.5 Å². The van der Waals surface area contributed by atoms with Gasteiger partial charge in [-0.15, -0.1) is 0 Å². The Morgan fingerprint density at radius 1 is 1.17 bits per heavy atom. The third-order valence-electron chi connectivity index (χ3n) is 2.69. The quantitative estimate of drug-likeness (QED) is 0.694. The van der Waals surface area contributed by atoms with E-state index in [2.05, 4.69) is 34.6 Å². The summed E-state index contributed by atoms with van der Waals surface area (Å²) >= 11 is 0.430. The molecule has 0 aliphatic rings. The van der Waals surface area contributed by atoms with Gasteiger partial charge in [0.25, 0.3) is 0 Å². The van der Waals surface area contributed by atoms with Gasteiger partial charge in [0.2, 0.25) is 0 Å². The Kier molecular flexibility index (Phi) is 3.13. The minimum atomic E-state index is 0.430. The summed E-state index contributed by atoms with van der Waals surface area (Å²) < 4.78 is 3.35. The number of fused-ring (bicyclic) bond motifs is 1. The van der Waals surface area contributed by atoms with Crippen molar-refractivity contribution in [1.29, 1.82) is 0 Å². The fraction of sp³-hybridized carbons (Fsp3) is 0.143. The van der Waals surface area contributed by atoms with Crippen molar-refractivity contribution in [3.05, 3.63) is 48.8 Å². The Morgan fingerprint density at radius 2 is 2.06 bits per heavy atom. The van der Waals surface area contributed by atoms with Crippen molar-refractivity contribution in [2.75, 3.05) is 0 Å². The molecule has 0 aliphatic heterocycles. The monoisotopic (exact) mass is 303 g/mol. The van der Waals surface area contributed by atoms with Crippen LogP contribution in [0.3, 0.4) is 0 Å². The molecule has 0 spiro atoms. The number of hydrogen-bond donors (Lipinski definition) is 0. The van der Waals surface area contributed by atoms with Crippen LogP contribution >= 0.6 is 0 Å². The van der Waals surface area contributed by atoms with Crippen LogP contribution < -0.4 is 4.59 Å². The van der Waals surface area contributed by atoms with E-state index in [4.69, 9.17) is 4.98 Å². The van der Waals surface area contributed by atoms with Crippen LogP contribution in [0.4, 0.5) is 0 Å². The SMILES string of the molecule is CC[Se]c1nc(-c2ccccn2)n2ccccc12. The topological polar surface area (TPSA) is 30.2 Å². The second-order valence-corrected chi connectivity index (χ2v) is 6.47. The zero-order chi connectivity index (χ0) is 12.4. The third-order valence-corrected chi connectivity index (χ3v) is 4.50. The van der Waals surface area contributed by atoms with Gasteiger partial charge in [0.05, 0.1) is 0 Å². The molecule has 0 aliphatic carbocycles. The van der Waals surface area contributed by atoms with Gasteiger partial charge < -0.3 is 0 Å². The van der Waals surface area contributed by atoms with Gasteiger partial charge in [-0.1, -0.05) is 0 Å². The molecule has 3 aromatic rings.